The number of amides is 4. The van der Waals surface area contributed by atoms with E-state index in [-0.39, 0.29) is 46.6 Å². The third-order valence-electron chi connectivity index (χ3n) is 17.2. The standard InChI is InChI=1S/C64H73ClN10O10S2/c1-64(2)22-20-45(52(36-64)43-10-12-46(65)13-11-43)40-72-26-28-73(29-27-72)47-14-16-51(57(34-47)85-48-33-44-21-23-66-60(44)68-38-48)61(77)70-87(82,83)49-15-17-54(56(35-49)75(80)81)67-37-42-7-4-24-71(39-42)25-5-30-84-31-6-32-86-58-9-3-8-50-53(58)41-74(63(50)79)55-18-19-59(76)69-62(55)78/h3,8-17,21,23,33-35,38,42,55,67H,4-7,18-20,22,24-32,36-37,39-41H2,1-2H3,(H,66,68)(H,70,77)(H,69,76,78). The van der Waals surface area contributed by atoms with E-state index in [1.54, 1.807) is 53.2 Å². The molecule has 6 heterocycles. The van der Waals surface area contributed by atoms with E-state index in [4.69, 9.17) is 21.1 Å². The molecule has 4 aromatic carbocycles. The number of piperidine rings is 2. The fraction of sp³-hybridized carbons (Fsp3) is 0.422. The maximum absolute atomic E-state index is 14.2. The van der Waals surface area contributed by atoms with Crippen molar-refractivity contribution < 1.29 is 42.0 Å². The van der Waals surface area contributed by atoms with Gasteiger partial charge in [-0.1, -0.05) is 49.2 Å². The summed E-state index contributed by atoms with van der Waals surface area (Å²) in [5, 5.41) is 19.6. The van der Waals surface area contributed by atoms with Crippen molar-refractivity contribution in [3.63, 3.8) is 0 Å². The van der Waals surface area contributed by atoms with E-state index in [0.717, 1.165) is 123 Å². The van der Waals surface area contributed by atoms with Gasteiger partial charge < -0.3 is 34.5 Å². The number of fused-ring (bicyclic) bond motifs is 2. The number of imide groups is 1. The molecule has 4 amide bonds. The minimum Gasteiger partial charge on any atom is -0.455 e. The molecular formula is C64H73ClN10O10S2. The topological polar surface area (TPSA) is 242 Å². The second-order valence-electron chi connectivity index (χ2n) is 24.0. The Hall–Kier alpha value is -7.34. The Morgan fingerprint density at radius 2 is 1.75 bits per heavy atom. The number of carbonyl (C=O) groups excluding carboxylic acids is 4. The van der Waals surface area contributed by atoms with Crippen LogP contribution in [0.3, 0.4) is 0 Å². The summed E-state index contributed by atoms with van der Waals surface area (Å²) in [7, 11) is -4.63. The van der Waals surface area contributed by atoms with Gasteiger partial charge in [0.1, 0.15) is 28.9 Å². The Bertz CT molecular complexity index is 3720. The molecule has 0 spiro atoms. The lowest BCUT2D eigenvalue weighted by atomic mass is 9.72. The number of H-pyrrole nitrogens is 1. The summed E-state index contributed by atoms with van der Waals surface area (Å²) < 4.78 is 42.6. The molecule has 2 unspecified atom stereocenters. The van der Waals surface area contributed by atoms with Crippen LogP contribution in [0, 0.1) is 21.4 Å². The van der Waals surface area contributed by atoms with Crippen molar-refractivity contribution in [2.24, 2.45) is 11.3 Å². The summed E-state index contributed by atoms with van der Waals surface area (Å²) >= 11 is 7.94. The smallest absolute Gasteiger partial charge is 0.293 e. The van der Waals surface area contributed by atoms with E-state index in [1.165, 1.54) is 35.0 Å². The van der Waals surface area contributed by atoms with Crippen molar-refractivity contribution >= 4 is 90.7 Å². The summed E-state index contributed by atoms with van der Waals surface area (Å²) in [6.07, 6.45) is 10.5. The number of aromatic amines is 1. The molecule has 1 aliphatic carbocycles. The molecule has 0 bridgehead atoms. The SMILES string of the molecule is CC1(C)CCC(CN2CCN(c3ccc(C(=O)NS(=O)(=O)c4ccc(NCC5CCCN(CCCOCCCSc6cccc7c6CN(C6CCC(=O)NC6=O)C7=O)C5)c([N+](=O)[O-])c4)c(Oc4cnc5[nH]ccc5c4)c3)CC2)=C(c2ccc(Cl)cc2)C1. The van der Waals surface area contributed by atoms with Crippen LogP contribution >= 0.6 is 23.4 Å². The number of hydrogen-bond acceptors (Lipinski definition) is 16. The number of thioether (sulfide) groups is 1. The average Bonchev–Trinajstić information content (AvgIpc) is 2.13. The number of carbonyl (C=O) groups is 4. The van der Waals surface area contributed by atoms with Crippen molar-refractivity contribution in [2.75, 3.05) is 88.1 Å². The van der Waals surface area contributed by atoms with Gasteiger partial charge in [0.05, 0.1) is 21.6 Å². The molecule has 0 saturated carbocycles. The molecule has 23 heteroatoms. The highest BCUT2D eigenvalue weighted by atomic mass is 35.5. The lowest BCUT2D eigenvalue weighted by Gasteiger charge is -2.39. The number of pyridine rings is 1. The van der Waals surface area contributed by atoms with Crippen molar-refractivity contribution in [3.8, 4) is 11.5 Å². The molecule has 5 aliphatic rings. The van der Waals surface area contributed by atoms with Gasteiger partial charge in [-0.15, -0.1) is 11.8 Å². The third kappa shape index (κ3) is 14.8. The number of nitro benzene ring substituents is 1. The average molecular weight is 1240 g/mol. The maximum Gasteiger partial charge on any atom is 0.293 e. The fourth-order valence-electron chi connectivity index (χ4n) is 12.5. The number of rotatable bonds is 23. The molecule has 20 nitrogen and oxygen atoms in total. The monoisotopic (exact) mass is 1240 g/mol. The molecule has 3 saturated heterocycles. The molecule has 11 rings (SSSR count). The lowest BCUT2D eigenvalue weighted by Crippen LogP contribution is -2.52. The Kier molecular flexibility index (Phi) is 19.0. The fourth-order valence-corrected chi connectivity index (χ4v) is 14.6. The summed E-state index contributed by atoms with van der Waals surface area (Å²) in [6, 6.07) is 25.4. The highest BCUT2D eigenvalue weighted by Gasteiger charge is 2.40. The van der Waals surface area contributed by atoms with E-state index in [0.29, 0.717) is 62.8 Å². The number of halogens is 1. The van der Waals surface area contributed by atoms with Gasteiger partial charge in [-0.2, -0.15) is 0 Å². The van der Waals surface area contributed by atoms with Gasteiger partial charge in [0, 0.05) is 129 Å². The van der Waals surface area contributed by atoms with Crippen LogP contribution in [0.2, 0.25) is 5.02 Å². The molecular weight excluding hydrogens is 1170 g/mol. The van der Waals surface area contributed by atoms with Gasteiger partial charge >= 0.3 is 0 Å². The molecule has 2 aromatic heterocycles. The highest BCUT2D eigenvalue weighted by molar-refractivity contribution is 7.99. The van der Waals surface area contributed by atoms with Gasteiger partial charge in [-0.3, -0.25) is 39.5 Å². The van der Waals surface area contributed by atoms with E-state index >= 15 is 0 Å². The van der Waals surface area contributed by atoms with Crippen LogP contribution in [0.1, 0.15) is 103 Å². The van der Waals surface area contributed by atoms with Crippen molar-refractivity contribution in [2.45, 2.75) is 94.0 Å². The van der Waals surface area contributed by atoms with Gasteiger partial charge in [-0.05, 0) is 147 Å². The highest BCUT2D eigenvalue weighted by Crippen LogP contribution is 2.44. The largest absolute Gasteiger partial charge is 0.455 e. The van der Waals surface area contributed by atoms with Crippen LogP contribution < -0.4 is 25.0 Å². The van der Waals surface area contributed by atoms with Gasteiger partial charge in [0.15, 0.2) is 0 Å². The van der Waals surface area contributed by atoms with E-state index in [1.807, 2.05) is 30.3 Å². The summed E-state index contributed by atoms with van der Waals surface area (Å²) in [4.78, 5) is 80.2. The third-order valence-corrected chi connectivity index (χ3v) is 20.0. The first-order valence-electron chi connectivity index (χ1n) is 29.9. The second kappa shape index (κ2) is 27.0. The zero-order valence-corrected chi connectivity index (χ0v) is 51.4. The first-order chi connectivity index (χ1) is 41.9. The van der Waals surface area contributed by atoms with Crippen LogP contribution in [-0.4, -0.2) is 146 Å². The predicted molar refractivity (Wildman–Crippen MR) is 336 cm³/mol. The van der Waals surface area contributed by atoms with Crippen LogP contribution in [0.5, 0.6) is 11.5 Å². The number of piperazine rings is 1. The minimum absolute atomic E-state index is 0.0544. The van der Waals surface area contributed by atoms with Gasteiger partial charge in [0.2, 0.25) is 11.8 Å². The van der Waals surface area contributed by atoms with E-state index < -0.39 is 43.4 Å². The number of likely N-dealkylation sites (tertiary alicyclic amines) is 1. The van der Waals surface area contributed by atoms with Gasteiger partial charge in [-0.25, -0.2) is 18.1 Å². The van der Waals surface area contributed by atoms with Crippen LogP contribution in [0.25, 0.3) is 16.6 Å². The molecule has 87 heavy (non-hydrogen) atoms. The molecule has 2 atom stereocenters. The number of benzene rings is 4. The van der Waals surface area contributed by atoms with Crippen LogP contribution in [0.15, 0.2) is 119 Å². The molecule has 3 fully saturated rings. The first-order valence-corrected chi connectivity index (χ1v) is 32.8. The van der Waals surface area contributed by atoms with Gasteiger partial charge in [0.25, 0.3) is 27.5 Å². The molecule has 4 N–H and O–H groups in total. The minimum atomic E-state index is -4.63. The lowest BCUT2D eigenvalue weighted by molar-refractivity contribution is -0.384. The van der Waals surface area contributed by atoms with E-state index in [2.05, 4.69) is 66.0 Å². The number of allylic oxidation sites excluding steroid dienone is 1. The number of nitrogens with zero attached hydrogens (tertiary/aromatic N) is 6. The van der Waals surface area contributed by atoms with E-state index in [9.17, 15) is 37.7 Å². The zero-order valence-electron chi connectivity index (χ0n) is 49.0. The van der Waals surface area contributed by atoms with Crippen molar-refractivity contribution in [1.82, 2.24) is 34.7 Å². The summed E-state index contributed by atoms with van der Waals surface area (Å²) in [6.45, 7) is 13.0. The van der Waals surface area contributed by atoms with Crippen molar-refractivity contribution in [1.29, 1.82) is 0 Å². The first kappa shape index (κ1) is 61.3. The molecule has 4 aliphatic heterocycles. The number of anilines is 2. The number of hydrogen-bond donors (Lipinski definition) is 4. The maximum atomic E-state index is 14.2. The quantitative estimate of drug-likeness (QED) is 0.0153. The molecule has 458 valence electrons. The molecule has 0 radical (unpaired) electrons. The van der Waals surface area contributed by atoms with Crippen LogP contribution in [-0.2, 0) is 30.9 Å². The molecule has 6 aromatic rings. The summed E-state index contributed by atoms with van der Waals surface area (Å²) in [5.74, 6) is -0.464. The number of nitro groups is 1. The predicted octanol–water partition coefficient (Wildman–Crippen LogP) is 10.3. The van der Waals surface area contributed by atoms with Crippen molar-refractivity contribution in [3.05, 3.63) is 146 Å². The zero-order chi connectivity index (χ0) is 60.8. The Labute approximate surface area is 515 Å². The van der Waals surface area contributed by atoms with Crippen LogP contribution in [0.4, 0.5) is 17.1 Å². The number of aromatic nitrogens is 2. The Balaban J connectivity index is 0.664. The number of ether oxygens (including phenoxy) is 2. The Morgan fingerprint density at radius 1 is 0.931 bits per heavy atom. The summed E-state index contributed by atoms with van der Waals surface area (Å²) in [5.41, 5.74) is 6.92. The second-order valence-corrected chi connectivity index (χ2v) is 27.2. The number of nitrogens with one attached hydrogen (secondary N) is 4. The Morgan fingerprint density at radius 3 is 2.55 bits per heavy atom. The normalized spacial score (nSPS) is 19.3. The number of sulfonamides is 1.